The maximum atomic E-state index is 5.59. The normalized spacial score (nSPS) is 10.2. The molecule has 0 atom stereocenters. The SMILES string of the molecule is CCNc1ncnc(Nc2ccccc2OCC)c1Br. The van der Waals surface area contributed by atoms with Gasteiger partial charge in [-0.25, -0.2) is 9.97 Å². The van der Waals surface area contributed by atoms with Crippen LogP contribution >= 0.6 is 15.9 Å². The van der Waals surface area contributed by atoms with E-state index in [4.69, 9.17) is 4.74 Å². The molecule has 0 aliphatic rings. The van der Waals surface area contributed by atoms with Crippen LogP contribution in [-0.4, -0.2) is 23.1 Å². The number of rotatable bonds is 6. The van der Waals surface area contributed by atoms with Gasteiger partial charge >= 0.3 is 0 Å². The molecule has 0 unspecified atom stereocenters. The smallest absolute Gasteiger partial charge is 0.150 e. The summed E-state index contributed by atoms with van der Waals surface area (Å²) in [6.45, 7) is 5.39. The minimum absolute atomic E-state index is 0.617. The molecular weight excluding hydrogens is 320 g/mol. The summed E-state index contributed by atoms with van der Waals surface area (Å²) in [5, 5.41) is 6.43. The third kappa shape index (κ3) is 3.39. The Balaban J connectivity index is 2.28. The summed E-state index contributed by atoms with van der Waals surface area (Å²) in [7, 11) is 0. The number of aromatic nitrogens is 2. The summed E-state index contributed by atoms with van der Waals surface area (Å²) in [4.78, 5) is 8.44. The lowest BCUT2D eigenvalue weighted by Crippen LogP contribution is -2.04. The van der Waals surface area contributed by atoms with E-state index >= 15 is 0 Å². The average Bonchev–Trinajstić information content (AvgIpc) is 2.46. The van der Waals surface area contributed by atoms with Gasteiger partial charge < -0.3 is 15.4 Å². The summed E-state index contributed by atoms with van der Waals surface area (Å²) in [5.41, 5.74) is 0.871. The van der Waals surface area contributed by atoms with Crippen LogP contribution in [0.1, 0.15) is 13.8 Å². The standard InChI is InChI=1S/C14H17BrN4O/c1-3-16-13-12(15)14(18-9-17-13)19-10-7-5-6-8-11(10)20-4-2/h5-9H,3-4H2,1-2H3,(H2,16,17,18,19). The van der Waals surface area contributed by atoms with E-state index in [0.717, 1.165) is 28.3 Å². The highest BCUT2D eigenvalue weighted by molar-refractivity contribution is 9.10. The Hall–Kier alpha value is -1.82. The van der Waals surface area contributed by atoms with Crippen molar-refractivity contribution >= 4 is 33.3 Å². The van der Waals surface area contributed by atoms with Crippen LogP contribution in [0.25, 0.3) is 0 Å². The van der Waals surface area contributed by atoms with Gasteiger partial charge in [-0.05, 0) is 41.9 Å². The minimum atomic E-state index is 0.617. The molecule has 1 heterocycles. The first-order valence-corrected chi connectivity index (χ1v) is 7.28. The lowest BCUT2D eigenvalue weighted by atomic mass is 10.3. The van der Waals surface area contributed by atoms with Crippen molar-refractivity contribution < 1.29 is 4.74 Å². The van der Waals surface area contributed by atoms with Crippen molar-refractivity contribution in [1.82, 2.24) is 9.97 Å². The zero-order chi connectivity index (χ0) is 14.4. The number of ether oxygens (including phenoxy) is 1. The highest BCUT2D eigenvalue weighted by Gasteiger charge is 2.10. The van der Waals surface area contributed by atoms with Crippen LogP contribution in [0.15, 0.2) is 35.1 Å². The van der Waals surface area contributed by atoms with Crippen LogP contribution in [0, 0.1) is 0 Å². The molecular formula is C14H17BrN4O. The Morgan fingerprint density at radius 3 is 2.65 bits per heavy atom. The van der Waals surface area contributed by atoms with E-state index in [1.54, 1.807) is 0 Å². The van der Waals surface area contributed by atoms with Crippen molar-refractivity contribution in [1.29, 1.82) is 0 Å². The maximum Gasteiger partial charge on any atom is 0.150 e. The molecule has 0 aliphatic carbocycles. The number of nitrogens with one attached hydrogen (secondary N) is 2. The predicted molar refractivity (Wildman–Crippen MR) is 84.8 cm³/mol. The molecule has 0 spiro atoms. The molecule has 5 nitrogen and oxygen atoms in total. The molecule has 1 aromatic heterocycles. The fourth-order valence-electron chi connectivity index (χ4n) is 1.73. The number of hydrogen-bond acceptors (Lipinski definition) is 5. The van der Waals surface area contributed by atoms with E-state index in [9.17, 15) is 0 Å². The summed E-state index contributed by atoms with van der Waals surface area (Å²) in [6, 6.07) is 7.76. The molecule has 6 heteroatoms. The lowest BCUT2D eigenvalue weighted by molar-refractivity contribution is 0.342. The molecule has 20 heavy (non-hydrogen) atoms. The number of benzene rings is 1. The van der Waals surface area contributed by atoms with Gasteiger partial charge in [0.05, 0.1) is 12.3 Å². The van der Waals surface area contributed by atoms with Gasteiger partial charge in [-0.15, -0.1) is 0 Å². The van der Waals surface area contributed by atoms with Crippen molar-refractivity contribution in [3.63, 3.8) is 0 Å². The van der Waals surface area contributed by atoms with E-state index in [1.807, 2.05) is 38.1 Å². The molecule has 0 saturated carbocycles. The molecule has 1 aromatic carbocycles. The minimum Gasteiger partial charge on any atom is -0.492 e. The van der Waals surface area contributed by atoms with Crippen LogP contribution in [0.4, 0.5) is 17.3 Å². The lowest BCUT2D eigenvalue weighted by Gasteiger charge is -2.13. The molecule has 0 aliphatic heterocycles. The summed E-state index contributed by atoms with van der Waals surface area (Å²) < 4.78 is 6.39. The Labute approximate surface area is 126 Å². The highest BCUT2D eigenvalue weighted by atomic mass is 79.9. The van der Waals surface area contributed by atoms with Crippen molar-refractivity contribution in [2.45, 2.75) is 13.8 Å². The number of anilines is 3. The van der Waals surface area contributed by atoms with Crippen LogP contribution < -0.4 is 15.4 Å². The Morgan fingerprint density at radius 1 is 1.15 bits per heavy atom. The van der Waals surface area contributed by atoms with Crippen molar-refractivity contribution in [3.8, 4) is 5.75 Å². The van der Waals surface area contributed by atoms with E-state index in [1.165, 1.54) is 6.33 Å². The molecule has 2 rings (SSSR count). The number of para-hydroxylation sites is 2. The maximum absolute atomic E-state index is 5.59. The highest BCUT2D eigenvalue weighted by Crippen LogP contribution is 2.32. The van der Waals surface area contributed by atoms with Crippen molar-refractivity contribution in [2.75, 3.05) is 23.8 Å². The van der Waals surface area contributed by atoms with Gasteiger partial charge in [-0.3, -0.25) is 0 Å². The molecule has 0 radical (unpaired) electrons. The summed E-state index contributed by atoms with van der Waals surface area (Å²) >= 11 is 3.51. The van der Waals surface area contributed by atoms with E-state index < -0.39 is 0 Å². The average molecular weight is 337 g/mol. The van der Waals surface area contributed by atoms with Crippen LogP contribution in [-0.2, 0) is 0 Å². The largest absolute Gasteiger partial charge is 0.492 e. The number of halogens is 1. The van der Waals surface area contributed by atoms with Crippen LogP contribution in [0.5, 0.6) is 5.75 Å². The molecule has 2 N–H and O–H groups in total. The molecule has 0 amide bonds. The first kappa shape index (κ1) is 14.6. The van der Waals surface area contributed by atoms with Gasteiger partial charge in [0, 0.05) is 6.54 Å². The fourth-order valence-corrected chi connectivity index (χ4v) is 2.17. The Bertz CT molecular complexity index is 577. The number of nitrogens with zero attached hydrogens (tertiary/aromatic N) is 2. The van der Waals surface area contributed by atoms with Gasteiger partial charge in [-0.1, -0.05) is 12.1 Å². The van der Waals surface area contributed by atoms with Gasteiger partial charge in [-0.2, -0.15) is 0 Å². The molecule has 0 fully saturated rings. The molecule has 0 bridgehead atoms. The van der Waals surface area contributed by atoms with E-state index in [2.05, 4.69) is 36.5 Å². The third-order valence-corrected chi connectivity index (χ3v) is 3.32. The van der Waals surface area contributed by atoms with E-state index in [0.29, 0.717) is 12.4 Å². The van der Waals surface area contributed by atoms with Gasteiger partial charge in [0.1, 0.15) is 28.2 Å². The van der Waals surface area contributed by atoms with Crippen LogP contribution in [0.3, 0.4) is 0 Å². The summed E-state index contributed by atoms with van der Waals surface area (Å²) in [5.74, 6) is 2.26. The second kappa shape index (κ2) is 7.09. The second-order valence-electron chi connectivity index (χ2n) is 3.97. The molecule has 0 saturated heterocycles. The quantitative estimate of drug-likeness (QED) is 0.839. The van der Waals surface area contributed by atoms with E-state index in [-0.39, 0.29) is 0 Å². The first-order chi connectivity index (χ1) is 9.76. The number of hydrogen-bond donors (Lipinski definition) is 2. The Kier molecular flexibility index (Phi) is 5.17. The van der Waals surface area contributed by atoms with Gasteiger partial charge in [0.25, 0.3) is 0 Å². The molecule has 106 valence electrons. The first-order valence-electron chi connectivity index (χ1n) is 6.49. The Morgan fingerprint density at radius 2 is 1.90 bits per heavy atom. The zero-order valence-corrected chi connectivity index (χ0v) is 13.1. The second-order valence-corrected chi connectivity index (χ2v) is 4.76. The zero-order valence-electron chi connectivity index (χ0n) is 11.5. The van der Waals surface area contributed by atoms with Gasteiger partial charge in [0.15, 0.2) is 0 Å². The fraction of sp³-hybridized carbons (Fsp3) is 0.286. The van der Waals surface area contributed by atoms with Crippen molar-refractivity contribution in [3.05, 3.63) is 35.1 Å². The molecule has 2 aromatic rings. The summed E-state index contributed by atoms with van der Waals surface area (Å²) in [6.07, 6.45) is 1.52. The predicted octanol–water partition coefficient (Wildman–Crippen LogP) is 3.81. The monoisotopic (exact) mass is 336 g/mol. The third-order valence-electron chi connectivity index (χ3n) is 2.57. The van der Waals surface area contributed by atoms with Gasteiger partial charge in [0.2, 0.25) is 0 Å². The van der Waals surface area contributed by atoms with Crippen molar-refractivity contribution in [2.24, 2.45) is 0 Å². The topological polar surface area (TPSA) is 59.1 Å². The van der Waals surface area contributed by atoms with Crippen LogP contribution in [0.2, 0.25) is 0 Å².